The second kappa shape index (κ2) is 8.59. The molecule has 2 aromatic carbocycles. The lowest BCUT2D eigenvalue weighted by molar-refractivity contribution is -0.137. The Balaban J connectivity index is 1.48. The van der Waals surface area contributed by atoms with E-state index in [1.165, 1.54) is 32.1 Å². The molecular formula is C23H24N2O2S. The van der Waals surface area contributed by atoms with Crippen LogP contribution in [0.1, 0.15) is 22.4 Å². The topological polar surface area (TPSA) is 52.6 Å². The Kier molecular flexibility index (Phi) is 5.74. The molecule has 1 aliphatic rings. The largest absolute Gasteiger partial charge is 0.481 e. The molecule has 0 saturated heterocycles. The maximum Gasteiger partial charge on any atom is 0.304 e. The highest BCUT2D eigenvalue weighted by atomic mass is 32.1. The molecule has 2 N–H and O–H groups in total. The van der Waals surface area contributed by atoms with Gasteiger partial charge >= 0.3 is 5.97 Å². The number of hydrogen-bond donors (Lipinski definition) is 2. The Morgan fingerprint density at radius 3 is 2.75 bits per heavy atom. The molecule has 28 heavy (non-hydrogen) atoms. The molecule has 0 amide bonds. The van der Waals surface area contributed by atoms with Crippen molar-refractivity contribution in [3.63, 3.8) is 0 Å². The van der Waals surface area contributed by atoms with Crippen LogP contribution in [0.2, 0.25) is 0 Å². The summed E-state index contributed by atoms with van der Waals surface area (Å²) in [5, 5.41) is 12.5. The zero-order valence-electron chi connectivity index (χ0n) is 15.7. The number of nitrogens with zero attached hydrogens (tertiary/aromatic N) is 1. The highest BCUT2D eigenvalue weighted by molar-refractivity contribution is 7.15. The average molecular weight is 393 g/mol. The first-order valence-corrected chi connectivity index (χ1v) is 10.4. The van der Waals surface area contributed by atoms with Crippen LogP contribution in [0.5, 0.6) is 0 Å². The van der Waals surface area contributed by atoms with Gasteiger partial charge in [-0.3, -0.25) is 9.69 Å². The number of hydrogen-bond acceptors (Lipinski definition) is 4. The molecule has 0 atom stereocenters. The first-order chi connectivity index (χ1) is 13.7. The fourth-order valence-electron chi connectivity index (χ4n) is 3.61. The predicted octanol–water partition coefficient (Wildman–Crippen LogP) is 4.86. The summed E-state index contributed by atoms with van der Waals surface area (Å²) in [6.07, 6.45) is 1.24. The molecule has 0 aliphatic carbocycles. The molecule has 2 heterocycles. The standard InChI is InChI=1S/C23H24N2O2S/c26-23(27)11-13-25(15-17-4-2-1-3-5-17)16-20-7-9-22(28-20)19-6-8-21-18(14-19)10-12-24-21/h1-9,14,24H,10-13,15-16H2,(H,26,27). The van der Waals surface area contributed by atoms with Crippen molar-refractivity contribution in [1.82, 2.24) is 4.90 Å². The van der Waals surface area contributed by atoms with Gasteiger partial charge in [0.15, 0.2) is 0 Å². The van der Waals surface area contributed by atoms with E-state index in [-0.39, 0.29) is 6.42 Å². The number of fused-ring (bicyclic) bond motifs is 1. The highest BCUT2D eigenvalue weighted by Crippen LogP contribution is 2.33. The number of carbonyl (C=O) groups is 1. The van der Waals surface area contributed by atoms with Gasteiger partial charge in [-0.15, -0.1) is 11.3 Å². The average Bonchev–Trinajstić information content (AvgIpc) is 3.35. The lowest BCUT2D eigenvalue weighted by Gasteiger charge is -2.21. The van der Waals surface area contributed by atoms with Crippen molar-refractivity contribution >= 4 is 23.0 Å². The molecule has 144 valence electrons. The summed E-state index contributed by atoms with van der Waals surface area (Å²) >= 11 is 1.80. The van der Waals surface area contributed by atoms with E-state index in [1.807, 2.05) is 18.2 Å². The van der Waals surface area contributed by atoms with Crippen LogP contribution in [-0.4, -0.2) is 29.1 Å². The molecule has 0 spiro atoms. The van der Waals surface area contributed by atoms with Gasteiger partial charge in [0.2, 0.25) is 0 Å². The number of rotatable bonds is 8. The minimum Gasteiger partial charge on any atom is -0.481 e. The maximum absolute atomic E-state index is 11.1. The molecule has 1 aliphatic heterocycles. The zero-order chi connectivity index (χ0) is 19.3. The smallest absolute Gasteiger partial charge is 0.304 e. The number of nitrogens with one attached hydrogen (secondary N) is 1. The van der Waals surface area contributed by atoms with Crippen molar-refractivity contribution in [3.05, 3.63) is 76.7 Å². The third-order valence-corrected chi connectivity index (χ3v) is 6.15. The van der Waals surface area contributed by atoms with Crippen LogP contribution in [0.4, 0.5) is 5.69 Å². The van der Waals surface area contributed by atoms with Crippen LogP contribution in [0.25, 0.3) is 10.4 Å². The summed E-state index contributed by atoms with van der Waals surface area (Å²) in [5.41, 5.74) is 5.11. The summed E-state index contributed by atoms with van der Waals surface area (Å²) < 4.78 is 0. The Morgan fingerprint density at radius 1 is 1.07 bits per heavy atom. The molecular weight excluding hydrogens is 368 g/mol. The Labute approximate surface area is 169 Å². The van der Waals surface area contributed by atoms with Crippen LogP contribution >= 0.6 is 11.3 Å². The van der Waals surface area contributed by atoms with Gasteiger partial charge in [0.1, 0.15) is 0 Å². The second-order valence-corrected chi connectivity index (χ2v) is 8.32. The summed E-state index contributed by atoms with van der Waals surface area (Å²) in [5.74, 6) is -0.753. The van der Waals surface area contributed by atoms with E-state index in [9.17, 15) is 4.79 Å². The molecule has 0 radical (unpaired) electrons. The van der Waals surface area contributed by atoms with Gasteiger partial charge in [-0.25, -0.2) is 0 Å². The van der Waals surface area contributed by atoms with Gasteiger partial charge < -0.3 is 10.4 Å². The summed E-state index contributed by atoms with van der Waals surface area (Å²) in [6.45, 7) is 3.08. The van der Waals surface area contributed by atoms with Crippen LogP contribution < -0.4 is 5.32 Å². The fourth-order valence-corrected chi connectivity index (χ4v) is 4.65. The van der Waals surface area contributed by atoms with E-state index >= 15 is 0 Å². The van der Waals surface area contributed by atoms with Gasteiger partial charge in [-0.1, -0.05) is 36.4 Å². The van der Waals surface area contributed by atoms with Crippen molar-refractivity contribution in [3.8, 4) is 10.4 Å². The van der Waals surface area contributed by atoms with Crippen molar-refractivity contribution in [2.24, 2.45) is 0 Å². The predicted molar refractivity (Wildman–Crippen MR) is 115 cm³/mol. The van der Waals surface area contributed by atoms with Crippen LogP contribution in [0.3, 0.4) is 0 Å². The number of carboxylic acid groups (broad SMARTS) is 1. The van der Waals surface area contributed by atoms with E-state index in [0.29, 0.717) is 6.54 Å². The minimum absolute atomic E-state index is 0.156. The van der Waals surface area contributed by atoms with Crippen molar-refractivity contribution in [2.75, 3.05) is 18.4 Å². The molecule has 3 aromatic rings. The molecule has 4 rings (SSSR count). The SMILES string of the molecule is O=C(O)CCN(Cc1ccccc1)Cc1ccc(-c2ccc3c(c2)CCN3)s1. The maximum atomic E-state index is 11.1. The van der Waals surface area contributed by atoms with E-state index in [2.05, 4.69) is 52.7 Å². The first kappa shape index (κ1) is 18.7. The number of aliphatic carboxylic acids is 1. The molecule has 4 nitrogen and oxygen atoms in total. The van der Waals surface area contributed by atoms with Gasteiger partial charge in [-0.2, -0.15) is 0 Å². The Bertz CT molecular complexity index is 952. The second-order valence-electron chi connectivity index (χ2n) is 7.15. The van der Waals surface area contributed by atoms with Crippen molar-refractivity contribution < 1.29 is 9.90 Å². The Morgan fingerprint density at radius 2 is 1.93 bits per heavy atom. The van der Waals surface area contributed by atoms with E-state index in [0.717, 1.165) is 26.1 Å². The number of anilines is 1. The van der Waals surface area contributed by atoms with Crippen LogP contribution in [0, 0.1) is 0 Å². The fraction of sp³-hybridized carbons (Fsp3) is 0.261. The normalized spacial score (nSPS) is 12.8. The number of carboxylic acids is 1. The van der Waals surface area contributed by atoms with Crippen LogP contribution in [-0.2, 0) is 24.3 Å². The molecule has 0 unspecified atom stereocenters. The van der Waals surface area contributed by atoms with Gasteiger partial charge in [-0.05, 0) is 47.4 Å². The number of benzene rings is 2. The quantitative estimate of drug-likeness (QED) is 0.575. The highest BCUT2D eigenvalue weighted by Gasteiger charge is 2.14. The summed E-state index contributed by atoms with van der Waals surface area (Å²) in [6, 6.07) is 21.2. The first-order valence-electron chi connectivity index (χ1n) is 9.61. The van der Waals surface area contributed by atoms with Crippen LogP contribution in [0.15, 0.2) is 60.7 Å². The van der Waals surface area contributed by atoms with Gasteiger partial charge in [0.25, 0.3) is 0 Å². The van der Waals surface area contributed by atoms with E-state index in [1.54, 1.807) is 11.3 Å². The summed E-state index contributed by atoms with van der Waals surface area (Å²) in [4.78, 5) is 15.8. The lowest BCUT2D eigenvalue weighted by atomic mass is 10.1. The molecule has 1 aromatic heterocycles. The molecule has 5 heteroatoms. The third-order valence-electron chi connectivity index (χ3n) is 5.03. The zero-order valence-corrected chi connectivity index (χ0v) is 16.5. The lowest BCUT2D eigenvalue weighted by Crippen LogP contribution is -2.25. The molecule has 0 fully saturated rings. The van der Waals surface area contributed by atoms with E-state index < -0.39 is 5.97 Å². The van der Waals surface area contributed by atoms with E-state index in [4.69, 9.17) is 5.11 Å². The van der Waals surface area contributed by atoms with Gasteiger partial charge in [0, 0.05) is 41.6 Å². The monoisotopic (exact) mass is 392 g/mol. The van der Waals surface area contributed by atoms with Crippen molar-refractivity contribution in [2.45, 2.75) is 25.9 Å². The minimum atomic E-state index is -0.753. The van der Waals surface area contributed by atoms with Crippen molar-refractivity contribution in [1.29, 1.82) is 0 Å². The third kappa shape index (κ3) is 4.61. The molecule has 0 saturated carbocycles. The molecule has 0 bridgehead atoms. The summed E-state index contributed by atoms with van der Waals surface area (Å²) in [7, 11) is 0. The van der Waals surface area contributed by atoms with Gasteiger partial charge in [0.05, 0.1) is 6.42 Å². The number of thiophene rings is 1. The Hall–Kier alpha value is -2.63.